The highest BCUT2D eigenvalue weighted by Crippen LogP contribution is 2.38. The van der Waals surface area contributed by atoms with Gasteiger partial charge in [0.05, 0.1) is 28.5 Å². The molecule has 152 valence electrons. The van der Waals surface area contributed by atoms with Gasteiger partial charge in [-0.1, -0.05) is 35.5 Å². The molecule has 0 amide bonds. The summed E-state index contributed by atoms with van der Waals surface area (Å²) in [6.07, 6.45) is 7.85. The van der Waals surface area contributed by atoms with Crippen LogP contribution in [0.25, 0.3) is 17.2 Å². The Morgan fingerprint density at radius 3 is 2.69 bits per heavy atom. The van der Waals surface area contributed by atoms with E-state index in [1.54, 1.807) is 19.4 Å². The van der Waals surface area contributed by atoms with E-state index in [1.807, 2.05) is 25.1 Å². The maximum atomic E-state index is 14.3. The number of methoxy groups -OCH3 is 1. The number of allylic oxidation sites excluding steroid dienone is 2. The molecule has 0 saturated heterocycles. The van der Waals surface area contributed by atoms with Crippen LogP contribution in [0.15, 0.2) is 52.5 Å². The lowest BCUT2D eigenvalue weighted by Gasteiger charge is -2.07. The highest BCUT2D eigenvalue weighted by atomic mass is 32.2. The van der Waals surface area contributed by atoms with E-state index in [0.717, 1.165) is 33.4 Å². The van der Waals surface area contributed by atoms with Crippen LogP contribution in [0, 0.1) is 12.7 Å². The van der Waals surface area contributed by atoms with Gasteiger partial charge in [0.1, 0.15) is 12.4 Å². The third-order valence-corrected chi connectivity index (χ3v) is 5.64. The van der Waals surface area contributed by atoms with Crippen LogP contribution in [0.5, 0.6) is 0 Å². The SMILES string of the molecule is COCC=NOCCC1=C/C(=C/c2cc(F)c(S(C)=O)cc2C)c2ccccc21. The molecule has 0 aliphatic heterocycles. The number of halogens is 1. The smallest absolute Gasteiger partial charge is 0.139 e. The topological polar surface area (TPSA) is 47.9 Å². The van der Waals surface area contributed by atoms with Gasteiger partial charge in [0.2, 0.25) is 0 Å². The first-order chi connectivity index (χ1) is 14.0. The minimum Gasteiger partial charge on any atom is -0.396 e. The van der Waals surface area contributed by atoms with Gasteiger partial charge in [-0.3, -0.25) is 4.21 Å². The second-order valence-electron chi connectivity index (χ2n) is 6.73. The van der Waals surface area contributed by atoms with Crippen molar-refractivity contribution in [3.63, 3.8) is 0 Å². The summed E-state index contributed by atoms with van der Waals surface area (Å²) in [5.74, 6) is -0.443. The number of benzene rings is 2. The summed E-state index contributed by atoms with van der Waals surface area (Å²) in [4.78, 5) is 5.52. The Labute approximate surface area is 173 Å². The number of nitrogens with zero attached hydrogens (tertiary/aromatic N) is 1. The average Bonchev–Trinajstić information content (AvgIpc) is 3.04. The molecule has 3 rings (SSSR count). The maximum absolute atomic E-state index is 14.3. The monoisotopic (exact) mass is 413 g/mol. The summed E-state index contributed by atoms with van der Waals surface area (Å²) >= 11 is 0. The van der Waals surface area contributed by atoms with Crippen molar-refractivity contribution in [1.29, 1.82) is 0 Å². The molecular weight excluding hydrogens is 389 g/mol. The number of hydrogen-bond acceptors (Lipinski definition) is 4. The van der Waals surface area contributed by atoms with E-state index in [9.17, 15) is 8.60 Å². The van der Waals surface area contributed by atoms with Crippen molar-refractivity contribution < 1.29 is 18.2 Å². The highest BCUT2D eigenvalue weighted by molar-refractivity contribution is 7.84. The molecule has 4 nitrogen and oxygen atoms in total. The minimum atomic E-state index is -1.35. The van der Waals surface area contributed by atoms with E-state index in [2.05, 4.69) is 23.4 Å². The molecule has 0 aromatic heterocycles. The largest absolute Gasteiger partial charge is 0.396 e. The van der Waals surface area contributed by atoms with Crippen molar-refractivity contribution in [2.75, 3.05) is 26.6 Å². The van der Waals surface area contributed by atoms with Crippen molar-refractivity contribution in [3.8, 4) is 0 Å². The van der Waals surface area contributed by atoms with Crippen LogP contribution in [0.3, 0.4) is 0 Å². The van der Waals surface area contributed by atoms with Gasteiger partial charge in [0.25, 0.3) is 0 Å². The van der Waals surface area contributed by atoms with Crippen LogP contribution >= 0.6 is 0 Å². The summed E-state index contributed by atoms with van der Waals surface area (Å²) in [6.45, 7) is 2.77. The van der Waals surface area contributed by atoms with Gasteiger partial charge >= 0.3 is 0 Å². The summed E-state index contributed by atoms with van der Waals surface area (Å²) < 4.78 is 30.9. The Morgan fingerprint density at radius 1 is 1.21 bits per heavy atom. The van der Waals surface area contributed by atoms with Gasteiger partial charge in [-0.2, -0.15) is 0 Å². The second-order valence-corrected chi connectivity index (χ2v) is 8.08. The fourth-order valence-corrected chi connectivity index (χ4v) is 3.94. The lowest BCUT2D eigenvalue weighted by atomic mass is 10.0. The molecular formula is C23H24FNO3S. The van der Waals surface area contributed by atoms with Crippen LogP contribution in [0.2, 0.25) is 0 Å². The molecule has 1 aliphatic carbocycles. The van der Waals surface area contributed by atoms with Gasteiger partial charge in [-0.15, -0.1) is 0 Å². The Hall–Kier alpha value is -2.57. The van der Waals surface area contributed by atoms with E-state index in [4.69, 9.17) is 9.57 Å². The molecule has 0 bridgehead atoms. The van der Waals surface area contributed by atoms with Crippen LogP contribution < -0.4 is 0 Å². The molecule has 2 aromatic carbocycles. The highest BCUT2D eigenvalue weighted by Gasteiger charge is 2.18. The molecule has 1 atom stereocenters. The molecule has 0 saturated carbocycles. The maximum Gasteiger partial charge on any atom is 0.139 e. The molecule has 1 aliphatic rings. The molecule has 29 heavy (non-hydrogen) atoms. The first kappa shape index (κ1) is 21.1. The lowest BCUT2D eigenvalue weighted by molar-refractivity contribution is 0.148. The standard InChI is InChI=1S/C23H24FNO3S/c1-16-12-23(29(3)26)22(24)15-18(16)14-19-13-17(8-10-28-25-9-11-27-2)20-6-4-5-7-21(19)20/h4-7,9,12-15H,8,10-11H2,1-3H3/b19-14-,25-9?. The predicted octanol–water partition coefficient (Wildman–Crippen LogP) is 4.85. The zero-order chi connectivity index (χ0) is 20.8. The Morgan fingerprint density at radius 2 is 1.97 bits per heavy atom. The normalized spacial score (nSPS) is 15.6. The Bertz CT molecular complexity index is 1010. The van der Waals surface area contributed by atoms with Gasteiger partial charge in [-0.25, -0.2) is 4.39 Å². The summed E-state index contributed by atoms with van der Waals surface area (Å²) in [6, 6.07) is 11.3. The fraction of sp³-hybridized carbons (Fsp3) is 0.261. The number of aryl methyl sites for hydroxylation is 1. The summed E-state index contributed by atoms with van der Waals surface area (Å²) in [5.41, 5.74) is 6.09. The number of oxime groups is 1. The molecule has 0 spiro atoms. The number of ether oxygens (including phenoxy) is 1. The van der Waals surface area contributed by atoms with E-state index in [1.165, 1.54) is 12.3 Å². The molecule has 1 unspecified atom stereocenters. The molecule has 0 radical (unpaired) electrons. The zero-order valence-electron chi connectivity index (χ0n) is 16.8. The first-order valence-corrected chi connectivity index (χ1v) is 10.9. The molecule has 0 N–H and O–H groups in total. The number of hydrogen-bond donors (Lipinski definition) is 0. The quantitative estimate of drug-likeness (QED) is 0.353. The Kier molecular flexibility index (Phi) is 7.12. The number of rotatable bonds is 8. The van der Waals surface area contributed by atoms with E-state index < -0.39 is 16.6 Å². The van der Waals surface area contributed by atoms with Gasteiger partial charge < -0.3 is 9.57 Å². The first-order valence-electron chi connectivity index (χ1n) is 9.29. The van der Waals surface area contributed by atoms with Crippen LogP contribution in [0.4, 0.5) is 4.39 Å². The lowest BCUT2D eigenvalue weighted by Crippen LogP contribution is -1.96. The van der Waals surface area contributed by atoms with Crippen LogP contribution in [0.1, 0.15) is 28.7 Å². The summed E-state index contributed by atoms with van der Waals surface area (Å²) in [5, 5.41) is 3.85. The fourth-order valence-electron chi connectivity index (χ4n) is 3.26. The zero-order valence-corrected chi connectivity index (χ0v) is 17.6. The van der Waals surface area contributed by atoms with E-state index in [-0.39, 0.29) is 4.90 Å². The molecule has 2 aromatic rings. The predicted molar refractivity (Wildman–Crippen MR) is 117 cm³/mol. The van der Waals surface area contributed by atoms with Crippen molar-refractivity contribution in [2.24, 2.45) is 5.16 Å². The van der Waals surface area contributed by atoms with Crippen molar-refractivity contribution >= 4 is 34.2 Å². The van der Waals surface area contributed by atoms with Gasteiger partial charge in [-0.05, 0) is 58.5 Å². The van der Waals surface area contributed by atoms with E-state index >= 15 is 0 Å². The molecule has 6 heteroatoms. The average molecular weight is 414 g/mol. The van der Waals surface area contributed by atoms with Crippen molar-refractivity contribution in [2.45, 2.75) is 18.2 Å². The Balaban J connectivity index is 1.86. The number of fused-ring (bicyclic) bond motifs is 1. The van der Waals surface area contributed by atoms with Crippen LogP contribution in [-0.4, -0.2) is 37.0 Å². The molecule has 0 fully saturated rings. The van der Waals surface area contributed by atoms with Gasteiger partial charge in [0.15, 0.2) is 0 Å². The van der Waals surface area contributed by atoms with E-state index in [0.29, 0.717) is 19.6 Å². The van der Waals surface area contributed by atoms with Crippen molar-refractivity contribution in [3.05, 3.63) is 70.5 Å². The summed E-state index contributed by atoms with van der Waals surface area (Å²) in [7, 11) is 0.247. The van der Waals surface area contributed by atoms with Gasteiger partial charge in [0, 0.05) is 19.8 Å². The van der Waals surface area contributed by atoms with Crippen molar-refractivity contribution in [1.82, 2.24) is 0 Å². The van der Waals surface area contributed by atoms with Crippen LogP contribution in [-0.2, 0) is 20.4 Å². The second kappa shape index (κ2) is 9.76. The third kappa shape index (κ3) is 5.08. The minimum absolute atomic E-state index is 0.235. The third-order valence-electron chi connectivity index (χ3n) is 4.71. The molecule has 0 heterocycles.